The molecule has 5 rings (SSSR count). The second kappa shape index (κ2) is 8.49. The van der Waals surface area contributed by atoms with Crippen LogP contribution in [0.25, 0.3) is 16.8 Å². The van der Waals surface area contributed by atoms with Gasteiger partial charge in [-0.15, -0.1) is 0 Å². The number of aromatic nitrogens is 2. The van der Waals surface area contributed by atoms with Gasteiger partial charge in [0.1, 0.15) is 5.82 Å². The van der Waals surface area contributed by atoms with Crippen LogP contribution in [0.15, 0.2) is 71.7 Å². The summed E-state index contributed by atoms with van der Waals surface area (Å²) in [6.45, 7) is 3.93. The molecular weight excluding hydrogens is 430 g/mol. The molecule has 1 aliphatic heterocycles. The Balaban J connectivity index is 1.72. The zero-order chi connectivity index (χ0) is 23.8. The van der Waals surface area contributed by atoms with Gasteiger partial charge in [-0.05, 0) is 55.3 Å². The Kier molecular flexibility index (Phi) is 5.35. The minimum atomic E-state index is -1.02. The summed E-state index contributed by atoms with van der Waals surface area (Å²) < 4.78 is 1.81. The van der Waals surface area contributed by atoms with Crippen LogP contribution >= 0.6 is 0 Å². The third-order valence-corrected chi connectivity index (χ3v) is 5.76. The number of para-hydroxylation sites is 2. The van der Waals surface area contributed by atoms with E-state index in [-0.39, 0.29) is 5.56 Å². The van der Waals surface area contributed by atoms with E-state index < -0.39 is 12.2 Å². The highest BCUT2D eigenvalue weighted by molar-refractivity contribution is 5.96. The highest BCUT2D eigenvalue weighted by Gasteiger charge is 2.22. The molecule has 0 saturated heterocycles. The number of anilines is 3. The number of rotatable bonds is 5. The maximum Gasteiger partial charge on any atom is 0.337 e. The Morgan fingerprint density at radius 2 is 1.82 bits per heavy atom. The molecule has 4 N–H and O–H groups in total. The van der Waals surface area contributed by atoms with Crippen LogP contribution in [0.5, 0.6) is 0 Å². The van der Waals surface area contributed by atoms with E-state index in [1.165, 1.54) is 6.21 Å². The average molecular weight is 454 g/mol. The number of carbonyl (C=O) groups is 1. The Morgan fingerprint density at radius 3 is 2.62 bits per heavy atom. The summed E-state index contributed by atoms with van der Waals surface area (Å²) >= 11 is 0. The molecule has 0 radical (unpaired) electrons. The van der Waals surface area contributed by atoms with E-state index >= 15 is 0 Å². The fourth-order valence-corrected chi connectivity index (χ4v) is 4.13. The number of hydrogen-bond donors (Lipinski definition) is 4. The summed E-state index contributed by atoms with van der Waals surface area (Å²) in [5, 5.41) is 30.6. The van der Waals surface area contributed by atoms with Gasteiger partial charge >= 0.3 is 5.97 Å². The molecule has 0 aliphatic carbocycles. The molecule has 4 aromatic rings. The SMILES string of the molecule is Cc1ccccc1-n1nc(C)c(-c2ccc3c(c2)N=CC(O)N3)c1Nc1ccccc1C(=O)O. The lowest BCUT2D eigenvalue weighted by molar-refractivity contribution is 0.0698. The molecule has 0 bridgehead atoms. The van der Waals surface area contributed by atoms with Crippen molar-refractivity contribution in [1.82, 2.24) is 9.78 Å². The van der Waals surface area contributed by atoms with E-state index in [4.69, 9.17) is 5.10 Å². The number of nitrogens with zero attached hydrogens (tertiary/aromatic N) is 3. The molecule has 8 heteroatoms. The predicted octanol–water partition coefficient (Wildman–Crippen LogP) is 5.04. The van der Waals surface area contributed by atoms with Gasteiger partial charge in [0, 0.05) is 5.56 Å². The molecule has 0 fully saturated rings. The van der Waals surface area contributed by atoms with Gasteiger partial charge < -0.3 is 20.8 Å². The third-order valence-electron chi connectivity index (χ3n) is 5.76. The number of nitrogens with one attached hydrogen (secondary N) is 2. The molecule has 1 unspecified atom stereocenters. The summed E-state index contributed by atoms with van der Waals surface area (Å²) in [6.07, 6.45) is 0.617. The minimum Gasteiger partial charge on any atom is -0.478 e. The topological polar surface area (TPSA) is 112 Å². The molecule has 1 atom stereocenters. The molecule has 2 heterocycles. The number of aliphatic hydroxyl groups is 1. The van der Waals surface area contributed by atoms with Gasteiger partial charge in [-0.25, -0.2) is 9.48 Å². The number of aryl methyl sites for hydroxylation is 2. The molecule has 0 spiro atoms. The summed E-state index contributed by atoms with van der Waals surface area (Å²) in [5.41, 5.74) is 6.42. The lowest BCUT2D eigenvalue weighted by Crippen LogP contribution is -2.22. The fraction of sp³-hybridized carbons (Fsp3) is 0.115. The second-order valence-electron chi connectivity index (χ2n) is 8.08. The van der Waals surface area contributed by atoms with Crippen LogP contribution in [0.3, 0.4) is 0 Å². The van der Waals surface area contributed by atoms with Gasteiger partial charge in [0.15, 0.2) is 6.23 Å². The van der Waals surface area contributed by atoms with Crippen molar-refractivity contribution in [3.63, 3.8) is 0 Å². The first-order valence-electron chi connectivity index (χ1n) is 10.8. The van der Waals surface area contributed by atoms with Crippen LogP contribution in [0.2, 0.25) is 0 Å². The number of fused-ring (bicyclic) bond motifs is 1. The predicted molar refractivity (Wildman–Crippen MR) is 133 cm³/mol. The Hall–Kier alpha value is -4.43. The van der Waals surface area contributed by atoms with Gasteiger partial charge in [-0.2, -0.15) is 5.10 Å². The van der Waals surface area contributed by atoms with Gasteiger partial charge in [0.2, 0.25) is 0 Å². The lowest BCUT2D eigenvalue weighted by atomic mass is 10.0. The third kappa shape index (κ3) is 3.80. The van der Waals surface area contributed by atoms with Crippen LogP contribution in [0.1, 0.15) is 21.6 Å². The highest BCUT2D eigenvalue weighted by Crippen LogP contribution is 2.40. The zero-order valence-electron chi connectivity index (χ0n) is 18.6. The number of aliphatic imine (C=N–C) groups is 1. The van der Waals surface area contributed by atoms with Crippen molar-refractivity contribution >= 4 is 35.1 Å². The Labute approximate surface area is 196 Å². The number of carboxylic acid groups (broad SMARTS) is 1. The number of hydrogen-bond acceptors (Lipinski definition) is 6. The van der Waals surface area contributed by atoms with E-state index in [2.05, 4.69) is 15.6 Å². The van der Waals surface area contributed by atoms with E-state index in [0.717, 1.165) is 33.8 Å². The van der Waals surface area contributed by atoms with Crippen LogP contribution in [-0.4, -0.2) is 38.4 Å². The first kappa shape index (κ1) is 21.4. The number of carboxylic acids is 1. The molecule has 3 aromatic carbocycles. The molecule has 1 aromatic heterocycles. The molecule has 34 heavy (non-hydrogen) atoms. The largest absolute Gasteiger partial charge is 0.478 e. The maximum absolute atomic E-state index is 11.9. The Morgan fingerprint density at radius 1 is 1.06 bits per heavy atom. The second-order valence-corrected chi connectivity index (χ2v) is 8.08. The Bertz CT molecular complexity index is 1440. The van der Waals surface area contributed by atoms with Crippen molar-refractivity contribution in [2.75, 3.05) is 10.6 Å². The fourth-order valence-electron chi connectivity index (χ4n) is 4.13. The van der Waals surface area contributed by atoms with Crippen LogP contribution in [-0.2, 0) is 0 Å². The van der Waals surface area contributed by atoms with Crippen LogP contribution in [0.4, 0.5) is 22.9 Å². The van der Waals surface area contributed by atoms with Gasteiger partial charge in [0.25, 0.3) is 0 Å². The van der Waals surface area contributed by atoms with E-state index in [1.807, 2.05) is 61.0 Å². The summed E-state index contributed by atoms with van der Waals surface area (Å²) in [7, 11) is 0. The van der Waals surface area contributed by atoms with Crippen molar-refractivity contribution in [3.8, 4) is 16.8 Å². The number of aliphatic hydroxyl groups excluding tert-OH is 1. The first-order chi connectivity index (χ1) is 16.4. The van der Waals surface area contributed by atoms with Crippen molar-refractivity contribution < 1.29 is 15.0 Å². The lowest BCUT2D eigenvalue weighted by Gasteiger charge is -2.19. The van der Waals surface area contributed by atoms with Crippen LogP contribution < -0.4 is 10.6 Å². The summed E-state index contributed by atoms with van der Waals surface area (Å²) in [4.78, 5) is 16.2. The van der Waals surface area contributed by atoms with Crippen LogP contribution in [0, 0.1) is 13.8 Å². The van der Waals surface area contributed by atoms with E-state index in [0.29, 0.717) is 17.2 Å². The number of benzene rings is 3. The highest BCUT2D eigenvalue weighted by atomic mass is 16.4. The van der Waals surface area contributed by atoms with E-state index in [1.54, 1.807) is 24.3 Å². The monoisotopic (exact) mass is 453 g/mol. The first-order valence-corrected chi connectivity index (χ1v) is 10.8. The quantitative estimate of drug-likeness (QED) is 0.337. The van der Waals surface area contributed by atoms with Crippen molar-refractivity contribution in [3.05, 3.63) is 83.6 Å². The summed E-state index contributed by atoms with van der Waals surface area (Å²) in [6, 6.07) is 20.4. The van der Waals surface area contributed by atoms with E-state index in [9.17, 15) is 15.0 Å². The molecule has 8 nitrogen and oxygen atoms in total. The molecule has 0 amide bonds. The molecule has 0 saturated carbocycles. The van der Waals surface area contributed by atoms with Gasteiger partial charge in [-0.1, -0.05) is 36.4 Å². The van der Waals surface area contributed by atoms with Gasteiger partial charge in [0.05, 0.1) is 40.2 Å². The smallest absolute Gasteiger partial charge is 0.337 e. The standard InChI is InChI=1S/C26H23N5O3/c1-15-7-3-6-10-22(15)31-25(29-19-9-5-4-8-18(19)26(33)34)24(16(2)30-31)17-11-12-20-21(13-17)27-14-23(32)28-20/h3-14,23,28-29,32H,1-2H3,(H,33,34). The zero-order valence-corrected chi connectivity index (χ0v) is 18.6. The maximum atomic E-state index is 11.9. The summed E-state index contributed by atoms with van der Waals surface area (Å²) in [5.74, 6) is -0.371. The van der Waals surface area contributed by atoms with Gasteiger partial charge in [-0.3, -0.25) is 4.99 Å². The minimum absolute atomic E-state index is 0.164. The van der Waals surface area contributed by atoms with Crippen molar-refractivity contribution in [2.45, 2.75) is 20.1 Å². The number of aromatic carboxylic acids is 1. The van der Waals surface area contributed by atoms with Crippen molar-refractivity contribution in [1.29, 1.82) is 0 Å². The molecule has 170 valence electrons. The molecular formula is C26H23N5O3. The normalized spacial score (nSPS) is 14.4. The average Bonchev–Trinajstić information content (AvgIpc) is 3.14. The van der Waals surface area contributed by atoms with Crippen molar-refractivity contribution in [2.24, 2.45) is 4.99 Å². The molecule has 1 aliphatic rings.